The summed E-state index contributed by atoms with van der Waals surface area (Å²) in [6, 6.07) is -0.545. The molecule has 456 valence electrons. The van der Waals surface area contributed by atoms with Crippen LogP contribution in [-0.4, -0.2) is 47.4 Å². The molecule has 0 rings (SSSR count). The van der Waals surface area contributed by atoms with Gasteiger partial charge >= 0.3 is 5.97 Å². The van der Waals surface area contributed by atoms with Crippen LogP contribution in [0.25, 0.3) is 0 Å². The number of aliphatic hydroxyl groups excluding tert-OH is 2. The maximum Gasteiger partial charge on any atom is 0.305 e. The third-order valence-corrected chi connectivity index (χ3v) is 16.5. The fraction of sp³-hybridized carbons (Fsp3) is 0.915. The van der Waals surface area contributed by atoms with Crippen LogP contribution in [0.4, 0.5) is 0 Å². The number of carbonyl (C=O) groups is 2. The summed E-state index contributed by atoms with van der Waals surface area (Å²) in [6.45, 7) is 4.99. The third kappa shape index (κ3) is 63.4. The van der Waals surface area contributed by atoms with Crippen molar-refractivity contribution in [2.45, 2.75) is 405 Å². The minimum absolute atomic E-state index is 0.0129. The Bertz CT molecular complexity index is 1200. The number of aliphatic hydroxyl groups is 2. The number of carbonyl (C=O) groups excluding carboxylic acids is 2. The Labute approximate surface area is 481 Å². The normalized spacial score (nSPS) is 12.6. The van der Waals surface area contributed by atoms with Gasteiger partial charge in [-0.1, -0.05) is 346 Å². The lowest BCUT2D eigenvalue weighted by Gasteiger charge is -2.22. The van der Waals surface area contributed by atoms with Gasteiger partial charge in [-0.15, -0.1) is 0 Å². The van der Waals surface area contributed by atoms with Gasteiger partial charge in [-0.2, -0.15) is 0 Å². The van der Waals surface area contributed by atoms with E-state index in [0.717, 1.165) is 44.9 Å². The van der Waals surface area contributed by atoms with Crippen molar-refractivity contribution in [1.29, 1.82) is 0 Å². The number of esters is 1. The molecule has 6 nitrogen and oxygen atoms in total. The summed E-state index contributed by atoms with van der Waals surface area (Å²) in [7, 11) is 0. The second kappa shape index (κ2) is 66.8. The standard InChI is InChI=1S/C71H137NO5/c1-3-5-7-9-11-13-15-17-18-19-20-30-33-36-40-43-47-51-55-59-63-69(74)68(67-73)72-70(75)64-60-56-52-48-44-41-37-34-31-28-26-24-22-21-23-25-27-29-32-35-38-42-46-50-54-58-62-66-77-71(76)65-61-57-53-49-45-39-16-14-12-10-8-6-4-2/h21-22,25,27,68-69,73-74H,3-20,23-24,26,28-67H2,1-2H3,(H,72,75)/b22-21-,27-25-. The predicted octanol–water partition coefficient (Wildman–Crippen LogP) is 22.5. The first-order chi connectivity index (χ1) is 38.0. The number of rotatable bonds is 66. The van der Waals surface area contributed by atoms with E-state index in [4.69, 9.17) is 4.74 Å². The zero-order valence-electron chi connectivity index (χ0n) is 52.2. The maximum atomic E-state index is 12.5. The molecule has 0 aromatic heterocycles. The fourth-order valence-electron chi connectivity index (χ4n) is 11.1. The molecule has 0 aliphatic heterocycles. The highest BCUT2D eigenvalue weighted by atomic mass is 16.5. The van der Waals surface area contributed by atoms with Gasteiger partial charge in [-0.25, -0.2) is 0 Å². The van der Waals surface area contributed by atoms with Crippen molar-refractivity contribution >= 4 is 11.9 Å². The average molecular weight is 1080 g/mol. The summed E-state index contributed by atoms with van der Waals surface area (Å²) in [5.41, 5.74) is 0. The van der Waals surface area contributed by atoms with Gasteiger partial charge < -0.3 is 20.3 Å². The Morgan fingerprint density at radius 2 is 0.649 bits per heavy atom. The number of hydrogen-bond acceptors (Lipinski definition) is 5. The fourth-order valence-corrected chi connectivity index (χ4v) is 11.1. The quantitative estimate of drug-likeness (QED) is 0.0320. The Hall–Kier alpha value is -1.66. The van der Waals surface area contributed by atoms with E-state index < -0.39 is 12.1 Å². The second-order valence-corrected chi connectivity index (χ2v) is 24.2. The average Bonchev–Trinajstić information content (AvgIpc) is 3.43. The molecule has 0 aliphatic rings. The summed E-state index contributed by atoms with van der Waals surface area (Å²) in [4.78, 5) is 24.6. The van der Waals surface area contributed by atoms with E-state index in [0.29, 0.717) is 25.9 Å². The van der Waals surface area contributed by atoms with Gasteiger partial charge in [0.05, 0.1) is 25.4 Å². The van der Waals surface area contributed by atoms with E-state index in [1.165, 1.54) is 315 Å². The number of allylic oxidation sites excluding steroid dienone is 4. The predicted molar refractivity (Wildman–Crippen MR) is 338 cm³/mol. The Kier molecular flexibility index (Phi) is 65.4. The Morgan fingerprint density at radius 1 is 0.364 bits per heavy atom. The zero-order valence-corrected chi connectivity index (χ0v) is 52.2. The van der Waals surface area contributed by atoms with Crippen LogP contribution >= 0.6 is 0 Å². The van der Waals surface area contributed by atoms with Crippen molar-refractivity contribution in [2.24, 2.45) is 0 Å². The first-order valence-corrected chi connectivity index (χ1v) is 35.1. The minimum Gasteiger partial charge on any atom is -0.466 e. The summed E-state index contributed by atoms with van der Waals surface area (Å²) >= 11 is 0. The molecule has 0 saturated heterocycles. The first kappa shape index (κ1) is 75.3. The van der Waals surface area contributed by atoms with E-state index in [9.17, 15) is 19.8 Å². The van der Waals surface area contributed by atoms with Crippen LogP contribution in [0.5, 0.6) is 0 Å². The van der Waals surface area contributed by atoms with Crippen LogP contribution in [0.3, 0.4) is 0 Å². The highest BCUT2D eigenvalue weighted by Gasteiger charge is 2.20. The van der Waals surface area contributed by atoms with Crippen molar-refractivity contribution in [3.8, 4) is 0 Å². The van der Waals surface area contributed by atoms with Crippen molar-refractivity contribution in [3.63, 3.8) is 0 Å². The lowest BCUT2D eigenvalue weighted by molar-refractivity contribution is -0.143. The molecular formula is C71H137NO5. The molecule has 0 saturated carbocycles. The highest BCUT2D eigenvalue weighted by Crippen LogP contribution is 2.19. The molecule has 0 fully saturated rings. The minimum atomic E-state index is -0.667. The number of hydrogen-bond donors (Lipinski definition) is 3. The monoisotopic (exact) mass is 1080 g/mol. The van der Waals surface area contributed by atoms with Crippen molar-refractivity contribution < 1.29 is 24.5 Å². The first-order valence-electron chi connectivity index (χ1n) is 35.1. The Balaban J connectivity index is 3.41. The van der Waals surface area contributed by atoms with E-state index in [2.05, 4.69) is 43.5 Å². The van der Waals surface area contributed by atoms with Gasteiger partial charge in [0.1, 0.15) is 0 Å². The van der Waals surface area contributed by atoms with Gasteiger partial charge in [-0.05, 0) is 57.8 Å². The van der Waals surface area contributed by atoms with E-state index in [1.54, 1.807) is 0 Å². The molecule has 0 radical (unpaired) electrons. The summed E-state index contributed by atoms with van der Waals surface area (Å²) < 4.78 is 5.48. The van der Waals surface area contributed by atoms with Crippen molar-refractivity contribution in [3.05, 3.63) is 24.3 Å². The SMILES string of the molecule is CCCCCCCCCCCCCCCCCCCCCCC(O)C(CO)NC(=O)CCCCCCCCCCCCC/C=C\C/C=C\CCCCCCCCCCCOC(=O)CCCCCCCCCCCCCCC. The zero-order chi connectivity index (χ0) is 55.7. The third-order valence-electron chi connectivity index (χ3n) is 16.5. The molecule has 6 heteroatoms. The van der Waals surface area contributed by atoms with Crippen molar-refractivity contribution in [1.82, 2.24) is 5.32 Å². The van der Waals surface area contributed by atoms with Gasteiger partial charge in [-0.3, -0.25) is 9.59 Å². The van der Waals surface area contributed by atoms with Crippen molar-refractivity contribution in [2.75, 3.05) is 13.2 Å². The number of amides is 1. The molecule has 1 amide bonds. The molecule has 0 heterocycles. The summed E-state index contributed by atoms with van der Waals surface area (Å²) in [6.07, 6.45) is 83.6. The maximum absolute atomic E-state index is 12.5. The van der Waals surface area contributed by atoms with Crippen LogP contribution in [0.2, 0.25) is 0 Å². The summed E-state index contributed by atoms with van der Waals surface area (Å²) in [5, 5.41) is 23.4. The van der Waals surface area contributed by atoms with Gasteiger partial charge in [0.2, 0.25) is 5.91 Å². The number of unbranched alkanes of at least 4 members (excludes halogenated alkanes) is 51. The number of ether oxygens (including phenoxy) is 1. The molecule has 0 bridgehead atoms. The molecule has 3 N–H and O–H groups in total. The molecule has 0 aromatic rings. The van der Waals surface area contributed by atoms with Crippen LogP contribution < -0.4 is 5.32 Å². The van der Waals surface area contributed by atoms with Crippen LogP contribution in [0.1, 0.15) is 393 Å². The van der Waals surface area contributed by atoms with Crippen LogP contribution in [-0.2, 0) is 14.3 Å². The molecule has 2 atom stereocenters. The largest absolute Gasteiger partial charge is 0.466 e. The number of nitrogens with one attached hydrogen (secondary N) is 1. The molecule has 0 aliphatic carbocycles. The molecule has 2 unspecified atom stereocenters. The van der Waals surface area contributed by atoms with Crippen LogP contribution in [0.15, 0.2) is 24.3 Å². The van der Waals surface area contributed by atoms with Crippen LogP contribution in [0, 0.1) is 0 Å². The van der Waals surface area contributed by atoms with E-state index in [1.807, 2.05) is 0 Å². The smallest absolute Gasteiger partial charge is 0.305 e. The molecular weight excluding hydrogens is 947 g/mol. The van der Waals surface area contributed by atoms with E-state index >= 15 is 0 Å². The lowest BCUT2D eigenvalue weighted by Crippen LogP contribution is -2.45. The molecule has 77 heavy (non-hydrogen) atoms. The molecule has 0 spiro atoms. The summed E-state index contributed by atoms with van der Waals surface area (Å²) in [5.74, 6) is -0.0211. The second-order valence-electron chi connectivity index (χ2n) is 24.2. The van der Waals surface area contributed by atoms with Gasteiger partial charge in [0.25, 0.3) is 0 Å². The lowest BCUT2D eigenvalue weighted by atomic mass is 10.0. The van der Waals surface area contributed by atoms with Gasteiger partial charge in [0, 0.05) is 12.8 Å². The Morgan fingerprint density at radius 3 is 0.987 bits per heavy atom. The van der Waals surface area contributed by atoms with E-state index in [-0.39, 0.29) is 18.5 Å². The highest BCUT2D eigenvalue weighted by molar-refractivity contribution is 5.76. The van der Waals surface area contributed by atoms with Gasteiger partial charge in [0.15, 0.2) is 0 Å². The topological polar surface area (TPSA) is 95.9 Å². The molecule has 0 aromatic carbocycles.